The van der Waals surface area contributed by atoms with E-state index >= 15 is 0 Å². The highest BCUT2D eigenvalue weighted by Gasteiger charge is 2.34. The molecule has 0 unspecified atom stereocenters. The monoisotopic (exact) mass is 300 g/mol. The Morgan fingerprint density at radius 3 is 2.55 bits per heavy atom. The Bertz CT molecular complexity index is 603. The third kappa shape index (κ3) is 2.81. The van der Waals surface area contributed by atoms with Crippen molar-refractivity contribution in [1.29, 1.82) is 0 Å². The molecule has 1 aliphatic rings. The molecule has 2 rings (SSSR count). The average Bonchev–Trinajstić information content (AvgIpc) is 2.34. The van der Waals surface area contributed by atoms with Crippen LogP contribution < -0.4 is 5.73 Å². The van der Waals surface area contributed by atoms with E-state index in [1.807, 2.05) is 13.8 Å². The van der Waals surface area contributed by atoms with Crippen LogP contribution in [0.25, 0.3) is 0 Å². The van der Waals surface area contributed by atoms with Gasteiger partial charge in [0.15, 0.2) is 0 Å². The van der Waals surface area contributed by atoms with Gasteiger partial charge in [-0.2, -0.15) is 4.31 Å². The summed E-state index contributed by atoms with van der Waals surface area (Å²) >= 11 is 0. The number of hydrogen-bond acceptors (Lipinski definition) is 3. The highest BCUT2D eigenvalue weighted by Crippen LogP contribution is 2.32. The third-order valence-electron chi connectivity index (χ3n) is 3.86. The van der Waals surface area contributed by atoms with E-state index in [0.717, 1.165) is 18.9 Å². The minimum absolute atomic E-state index is 0.0555. The molecular weight excluding hydrogens is 279 g/mol. The molecule has 1 aromatic rings. The molecule has 1 heterocycles. The van der Waals surface area contributed by atoms with E-state index in [2.05, 4.69) is 0 Å². The van der Waals surface area contributed by atoms with Gasteiger partial charge in [0.05, 0.1) is 4.90 Å². The van der Waals surface area contributed by atoms with Crippen LogP contribution in [0.4, 0.5) is 10.1 Å². The number of piperidine rings is 1. The van der Waals surface area contributed by atoms with Crippen molar-refractivity contribution in [3.8, 4) is 0 Å². The van der Waals surface area contributed by atoms with Crippen LogP contribution in [0.15, 0.2) is 17.0 Å². The van der Waals surface area contributed by atoms with E-state index in [-0.39, 0.29) is 21.6 Å². The Morgan fingerprint density at radius 2 is 2.00 bits per heavy atom. The Balaban J connectivity index is 2.40. The molecule has 112 valence electrons. The molecule has 2 N–H and O–H groups in total. The fourth-order valence-corrected chi connectivity index (χ4v) is 4.26. The molecule has 1 aromatic carbocycles. The number of hydrogen-bond donors (Lipinski definition) is 1. The second-order valence-electron chi connectivity index (χ2n) is 6.23. The first-order valence-corrected chi connectivity index (χ1v) is 8.13. The SMILES string of the molecule is Cc1c(N)cc(S(=O)(=O)N2CCCC(C)(C)C2)cc1F. The van der Waals surface area contributed by atoms with E-state index in [1.54, 1.807) is 0 Å². The van der Waals surface area contributed by atoms with Gasteiger partial charge in [0.25, 0.3) is 0 Å². The predicted molar refractivity (Wildman–Crippen MR) is 77.3 cm³/mol. The number of sulfonamides is 1. The summed E-state index contributed by atoms with van der Waals surface area (Å²) in [4.78, 5) is -0.0594. The first-order valence-electron chi connectivity index (χ1n) is 6.69. The zero-order valence-corrected chi connectivity index (χ0v) is 12.9. The molecule has 0 atom stereocenters. The van der Waals surface area contributed by atoms with Crippen molar-refractivity contribution in [1.82, 2.24) is 4.31 Å². The number of nitrogen functional groups attached to an aromatic ring is 1. The van der Waals surface area contributed by atoms with Crippen LogP contribution in [0.2, 0.25) is 0 Å². The van der Waals surface area contributed by atoms with Crippen molar-refractivity contribution in [2.45, 2.75) is 38.5 Å². The lowest BCUT2D eigenvalue weighted by molar-refractivity contribution is 0.187. The zero-order chi connectivity index (χ0) is 15.1. The summed E-state index contributed by atoms with van der Waals surface area (Å²) in [7, 11) is -3.68. The topological polar surface area (TPSA) is 63.4 Å². The molecule has 0 amide bonds. The van der Waals surface area contributed by atoms with Crippen LogP contribution in [0.5, 0.6) is 0 Å². The predicted octanol–water partition coefficient (Wildman–Crippen LogP) is 2.53. The van der Waals surface area contributed by atoms with Crippen LogP contribution in [0.1, 0.15) is 32.3 Å². The summed E-state index contributed by atoms with van der Waals surface area (Å²) in [6.07, 6.45) is 1.81. The van der Waals surface area contributed by atoms with Crippen molar-refractivity contribution in [3.63, 3.8) is 0 Å². The summed E-state index contributed by atoms with van der Waals surface area (Å²) in [6.45, 7) is 6.54. The molecule has 4 nitrogen and oxygen atoms in total. The smallest absolute Gasteiger partial charge is 0.243 e. The van der Waals surface area contributed by atoms with Gasteiger partial charge >= 0.3 is 0 Å². The number of rotatable bonds is 2. The van der Waals surface area contributed by atoms with E-state index < -0.39 is 15.8 Å². The zero-order valence-electron chi connectivity index (χ0n) is 12.1. The minimum atomic E-state index is -3.68. The molecule has 1 aliphatic heterocycles. The molecule has 20 heavy (non-hydrogen) atoms. The second kappa shape index (κ2) is 5.00. The van der Waals surface area contributed by atoms with Gasteiger partial charge in [0.2, 0.25) is 10.0 Å². The lowest BCUT2D eigenvalue weighted by Gasteiger charge is -2.37. The maximum absolute atomic E-state index is 13.7. The van der Waals surface area contributed by atoms with Crippen molar-refractivity contribution in [2.75, 3.05) is 18.8 Å². The van der Waals surface area contributed by atoms with Crippen molar-refractivity contribution < 1.29 is 12.8 Å². The van der Waals surface area contributed by atoms with Gasteiger partial charge < -0.3 is 5.73 Å². The van der Waals surface area contributed by atoms with Gasteiger partial charge in [-0.25, -0.2) is 12.8 Å². The number of nitrogens with zero attached hydrogens (tertiary/aromatic N) is 1. The Morgan fingerprint density at radius 1 is 1.35 bits per heavy atom. The van der Waals surface area contributed by atoms with E-state index in [1.165, 1.54) is 17.3 Å². The largest absolute Gasteiger partial charge is 0.398 e. The Kier molecular flexibility index (Phi) is 3.81. The maximum Gasteiger partial charge on any atom is 0.243 e. The van der Waals surface area contributed by atoms with E-state index in [4.69, 9.17) is 5.73 Å². The van der Waals surface area contributed by atoms with Crippen molar-refractivity contribution >= 4 is 15.7 Å². The lowest BCUT2D eigenvalue weighted by atomic mass is 9.85. The highest BCUT2D eigenvalue weighted by atomic mass is 32.2. The lowest BCUT2D eigenvalue weighted by Crippen LogP contribution is -2.43. The van der Waals surface area contributed by atoms with Crippen LogP contribution in [0.3, 0.4) is 0 Å². The van der Waals surface area contributed by atoms with Crippen LogP contribution in [-0.2, 0) is 10.0 Å². The number of halogens is 1. The first-order chi connectivity index (χ1) is 9.13. The fraction of sp³-hybridized carbons (Fsp3) is 0.571. The molecule has 6 heteroatoms. The molecule has 0 aliphatic carbocycles. The van der Waals surface area contributed by atoms with Gasteiger partial charge in [-0.05, 0) is 37.3 Å². The minimum Gasteiger partial charge on any atom is -0.398 e. The third-order valence-corrected chi connectivity index (χ3v) is 5.68. The standard InChI is InChI=1S/C14H21FN2O2S/c1-10-12(15)7-11(8-13(10)16)20(18,19)17-6-4-5-14(2,3)9-17/h7-8H,4-6,9,16H2,1-3H3. The maximum atomic E-state index is 13.7. The molecule has 0 spiro atoms. The number of anilines is 1. The highest BCUT2D eigenvalue weighted by molar-refractivity contribution is 7.89. The summed E-state index contributed by atoms with van der Waals surface area (Å²) in [5, 5.41) is 0. The molecule has 1 fully saturated rings. The fourth-order valence-electron chi connectivity index (χ4n) is 2.55. The van der Waals surface area contributed by atoms with Gasteiger partial charge in [0.1, 0.15) is 5.82 Å². The molecular formula is C14H21FN2O2S. The quantitative estimate of drug-likeness (QED) is 0.854. The Hall–Kier alpha value is -1.14. The molecule has 0 radical (unpaired) electrons. The van der Waals surface area contributed by atoms with Crippen molar-refractivity contribution in [2.24, 2.45) is 5.41 Å². The Labute approximate surface area is 119 Å². The van der Waals surface area contributed by atoms with Crippen LogP contribution in [-0.4, -0.2) is 25.8 Å². The number of benzene rings is 1. The summed E-state index contributed by atoms with van der Waals surface area (Å²) in [5.74, 6) is -0.583. The number of nitrogens with two attached hydrogens (primary N) is 1. The second-order valence-corrected chi connectivity index (χ2v) is 8.16. The molecule has 0 saturated carbocycles. The average molecular weight is 300 g/mol. The van der Waals surface area contributed by atoms with E-state index in [9.17, 15) is 12.8 Å². The van der Waals surface area contributed by atoms with Gasteiger partial charge in [-0.15, -0.1) is 0 Å². The summed E-state index contributed by atoms with van der Waals surface area (Å²) in [6, 6.07) is 2.40. The normalized spacial score (nSPS) is 20.0. The summed E-state index contributed by atoms with van der Waals surface area (Å²) in [5.41, 5.74) is 6.07. The summed E-state index contributed by atoms with van der Waals surface area (Å²) < 4.78 is 40.3. The molecule has 0 aromatic heterocycles. The van der Waals surface area contributed by atoms with E-state index in [0.29, 0.717) is 13.1 Å². The van der Waals surface area contributed by atoms with Crippen LogP contribution in [0, 0.1) is 18.2 Å². The van der Waals surface area contributed by atoms with Gasteiger partial charge in [-0.3, -0.25) is 0 Å². The molecule has 1 saturated heterocycles. The first kappa shape index (κ1) is 15.3. The van der Waals surface area contributed by atoms with Gasteiger partial charge in [0, 0.05) is 24.3 Å². The van der Waals surface area contributed by atoms with Gasteiger partial charge in [-0.1, -0.05) is 13.8 Å². The molecule has 0 bridgehead atoms. The van der Waals surface area contributed by atoms with Crippen LogP contribution >= 0.6 is 0 Å². The van der Waals surface area contributed by atoms with Crippen molar-refractivity contribution in [3.05, 3.63) is 23.5 Å².